The first-order chi connectivity index (χ1) is 10.4. The molecule has 0 spiro atoms. The minimum Gasteiger partial charge on any atom is -0.342 e. The van der Waals surface area contributed by atoms with Crippen molar-refractivity contribution >= 4 is 17.5 Å². The smallest absolute Gasteiger partial charge is 0.251 e. The van der Waals surface area contributed by atoms with E-state index in [2.05, 4.69) is 26.2 Å². The Morgan fingerprint density at radius 3 is 2.64 bits per heavy atom. The lowest BCUT2D eigenvalue weighted by Gasteiger charge is -2.13. The first-order valence-electron chi connectivity index (χ1n) is 6.80. The molecule has 8 nitrogen and oxygen atoms in total. The molecule has 2 aromatic rings. The molecule has 0 saturated carbocycles. The van der Waals surface area contributed by atoms with Crippen LogP contribution in [0.15, 0.2) is 18.2 Å². The molecule has 0 radical (unpaired) electrons. The molecule has 0 bridgehead atoms. The summed E-state index contributed by atoms with van der Waals surface area (Å²) < 4.78 is 1.50. The molecule has 0 unspecified atom stereocenters. The van der Waals surface area contributed by atoms with Crippen molar-refractivity contribution in [1.82, 2.24) is 25.5 Å². The molecular formula is C14H18N6O2. The van der Waals surface area contributed by atoms with Crippen molar-refractivity contribution in [2.75, 3.05) is 5.32 Å². The van der Waals surface area contributed by atoms with Gasteiger partial charge in [0.15, 0.2) is 5.82 Å². The molecular weight excluding hydrogens is 284 g/mol. The Kier molecular flexibility index (Phi) is 4.50. The van der Waals surface area contributed by atoms with Gasteiger partial charge < -0.3 is 10.6 Å². The third-order valence-electron chi connectivity index (χ3n) is 3.20. The molecule has 0 fully saturated rings. The topological polar surface area (TPSA) is 102 Å². The summed E-state index contributed by atoms with van der Waals surface area (Å²) in [6.45, 7) is 5.09. The van der Waals surface area contributed by atoms with Gasteiger partial charge in [-0.15, -0.1) is 5.10 Å². The minimum absolute atomic E-state index is 0.181. The zero-order chi connectivity index (χ0) is 16.3. The van der Waals surface area contributed by atoms with Gasteiger partial charge in [0.2, 0.25) is 5.91 Å². The van der Waals surface area contributed by atoms with Crippen LogP contribution in [0.3, 0.4) is 0 Å². The Balaban J connectivity index is 2.16. The van der Waals surface area contributed by atoms with E-state index in [9.17, 15) is 9.59 Å². The Morgan fingerprint density at radius 1 is 1.32 bits per heavy atom. The van der Waals surface area contributed by atoms with Gasteiger partial charge in [-0.25, -0.2) is 4.68 Å². The van der Waals surface area contributed by atoms with Crippen LogP contribution in [0.5, 0.6) is 0 Å². The number of nitrogens with zero attached hydrogens (tertiary/aromatic N) is 4. The van der Waals surface area contributed by atoms with Crippen molar-refractivity contribution in [3.8, 4) is 0 Å². The normalized spacial score (nSPS) is 11.8. The highest BCUT2D eigenvalue weighted by Crippen LogP contribution is 2.17. The Morgan fingerprint density at radius 2 is 2.05 bits per heavy atom. The van der Waals surface area contributed by atoms with Gasteiger partial charge in [-0.05, 0) is 42.0 Å². The predicted octanol–water partition coefficient (Wildman–Crippen LogP) is 0.968. The number of rotatable bonds is 4. The summed E-state index contributed by atoms with van der Waals surface area (Å²) in [6, 6.07) is 4.80. The van der Waals surface area contributed by atoms with Crippen molar-refractivity contribution < 1.29 is 9.59 Å². The maximum absolute atomic E-state index is 12.3. The molecule has 0 aliphatic carbocycles. The number of anilines is 1. The summed E-state index contributed by atoms with van der Waals surface area (Å²) in [5.41, 5.74) is 1.96. The van der Waals surface area contributed by atoms with Crippen LogP contribution in [0.4, 0.5) is 5.69 Å². The number of nitrogens with one attached hydrogen (secondary N) is 2. The number of aryl methyl sites for hydroxylation is 2. The molecule has 8 heteroatoms. The van der Waals surface area contributed by atoms with E-state index in [0.717, 1.165) is 5.56 Å². The van der Waals surface area contributed by atoms with Gasteiger partial charge in [-0.1, -0.05) is 6.07 Å². The Hall–Kier alpha value is -2.77. The van der Waals surface area contributed by atoms with Crippen LogP contribution in [-0.4, -0.2) is 32.0 Å². The van der Waals surface area contributed by atoms with Crippen LogP contribution in [0, 0.1) is 6.92 Å². The van der Waals surface area contributed by atoms with E-state index in [4.69, 9.17) is 0 Å². The SMILES string of the molecule is CC(=O)Nc1cc(C(=O)N[C@@H](C)c2nnnn2C)ccc1C. The molecule has 0 saturated heterocycles. The fourth-order valence-corrected chi connectivity index (χ4v) is 2.04. The number of hydrogen-bond donors (Lipinski definition) is 2. The molecule has 2 rings (SSSR count). The van der Waals surface area contributed by atoms with Crippen LogP contribution >= 0.6 is 0 Å². The molecule has 2 N–H and O–H groups in total. The van der Waals surface area contributed by atoms with Crippen LogP contribution in [0.25, 0.3) is 0 Å². The van der Waals surface area contributed by atoms with Crippen molar-refractivity contribution in [2.24, 2.45) is 7.05 Å². The number of carbonyl (C=O) groups excluding carboxylic acids is 2. The predicted molar refractivity (Wildman–Crippen MR) is 80.2 cm³/mol. The first kappa shape index (κ1) is 15.6. The standard InChI is InChI=1S/C14H18N6O2/c1-8-5-6-11(7-12(8)16-10(3)21)14(22)15-9(2)13-17-18-19-20(13)4/h5-7,9H,1-4H3,(H,15,22)(H,16,21)/t9-/m0/s1. The van der Waals surface area contributed by atoms with Gasteiger partial charge in [0, 0.05) is 25.2 Å². The molecule has 0 aliphatic heterocycles. The van der Waals surface area contributed by atoms with Crippen molar-refractivity contribution in [3.63, 3.8) is 0 Å². The zero-order valence-corrected chi connectivity index (χ0v) is 12.9. The van der Waals surface area contributed by atoms with Crippen LogP contribution < -0.4 is 10.6 Å². The van der Waals surface area contributed by atoms with Crippen molar-refractivity contribution in [1.29, 1.82) is 0 Å². The summed E-state index contributed by atoms with van der Waals surface area (Å²) in [5, 5.41) is 16.7. The monoisotopic (exact) mass is 302 g/mol. The third-order valence-corrected chi connectivity index (χ3v) is 3.20. The van der Waals surface area contributed by atoms with Crippen LogP contribution in [0.2, 0.25) is 0 Å². The number of hydrogen-bond acceptors (Lipinski definition) is 5. The summed E-state index contributed by atoms with van der Waals surface area (Å²) in [7, 11) is 1.71. The maximum atomic E-state index is 12.3. The average molecular weight is 302 g/mol. The Bertz CT molecular complexity index is 709. The Labute approximate surface area is 127 Å². The van der Waals surface area contributed by atoms with E-state index in [1.165, 1.54) is 11.6 Å². The lowest BCUT2D eigenvalue weighted by molar-refractivity contribution is -0.114. The summed E-state index contributed by atoms with van der Waals surface area (Å²) >= 11 is 0. The van der Waals surface area contributed by atoms with E-state index in [-0.39, 0.29) is 17.9 Å². The fraction of sp³-hybridized carbons (Fsp3) is 0.357. The van der Waals surface area contributed by atoms with E-state index in [1.807, 2.05) is 6.92 Å². The highest BCUT2D eigenvalue weighted by atomic mass is 16.2. The largest absolute Gasteiger partial charge is 0.342 e. The fourth-order valence-electron chi connectivity index (χ4n) is 2.04. The van der Waals surface area contributed by atoms with Crippen LogP contribution in [0.1, 0.15) is 41.6 Å². The number of tetrazole rings is 1. The third kappa shape index (κ3) is 3.46. The summed E-state index contributed by atoms with van der Waals surface area (Å²) in [4.78, 5) is 23.5. The second-order valence-corrected chi connectivity index (χ2v) is 5.07. The van der Waals surface area contributed by atoms with Gasteiger partial charge in [0.1, 0.15) is 0 Å². The molecule has 116 valence electrons. The number of aromatic nitrogens is 4. The van der Waals surface area contributed by atoms with E-state index in [0.29, 0.717) is 17.1 Å². The quantitative estimate of drug-likeness (QED) is 0.876. The van der Waals surface area contributed by atoms with Gasteiger partial charge in [-0.2, -0.15) is 0 Å². The first-order valence-corrected chi connectivity index (χ1v) is 6.80. The van der Waals surface area contributed by atoms with Crippen LogP contribution in [-0.2, 0) is 11.8 Å². The summed E-state index contributed by atoms with van der Waals surface area (Å²) in [6.07, 6.45) is 0. The number of amides is 2. The number of carbonyl (C=O) groups is 2. The average Bonchev–Trinajstić information content (AvgIpc) is 2.87. The number of benzene rings is 1. The zero-order valence-electron chi connectivity index (χ0n) is 12.9. The molecule has 1 aromatic heterocycles. The van der Waals surface area contributed by atoms with E-state index >= 15 is 0 Å². The van der Waals surface area contributed by atoms with Gasteiger partial charge in [0.05, 0.1) is 6.04 Å². The maximum Gasteiger partial charge on any atom is 0.251 e. The molecule has 2 amide bonds. The molecule has 1 atom stereocenters. The highest BCUT2D eigenvalue weighted by molar-refractivity contribution is 5.97. The van der Waals surface area contributed by atoms with Crippen molar-refractivity contribution in [3.05, 3.63) is 35.2 Å². The van der Waals surface area contributed by atoms with Gasteiger partial charge >= 0.3 is 0 Å². The lowest BCUT2D eigenvalue weighted by atomic mass is 10.1. The molecule has 0 aliphatic rings. The lowest BCUT2D eigenvalue weighted by Crippen LogP contribution is -2.28. The molecule has 1 aromatic carbocycles. The van der Waals surface area contributed by atoms with E-state index in [1.54, 1.807) is 32.2 Å². The minimum atomic E-state index is -0.335. The molecule has 22 heavy (non-hydrogen) atoms. The second-order valence-electron chi connectivity index (χ2n) is 5.07. The van der Waals surface area contributed by atoms with Crippen molar-refractivity contribution in [2.45, 2.75) is 26.8 Å². The van der Waals surface area contributed by atoms with E-state index < -0.39 is 0 Å². The highest BCUT2D eigenvalue weighted by Gasteiger charge is 2.17. The second kappa shape index (κ2) is 6.33. The van der Waals surface area contributed by atoms with Gasteiger partial charge in [-0.3, -0.25) is 9.59 Å². The van der Waals surface area contributed by atoms with Gasteiger partial charge in [0.25, 0.3) is 5.91 Å². The summed E-state index contributed by atoms with van der Waals surface area (Å²) in [5.74, 6) is 0.115. The molecule has 1 heterocycles.